The van der Waals surface area contributed by atoms with Crippen molar-refractivity contribution < 1.29 is 22.7 Å². The van der Waals surface area contributed by atoms with Gasteiger partial charge in [0.15, 0.2) is 11.5 Å². The second-order valence-electron chi connectivity index (χ2n) is 9.17. The number of carbonyl (C=O) groups excluding carboxylic acids is 1. The van der Waals surface area contributed by atoms with Crippen molar-refractivity contribution >= 4 is 21.6 Å². The standard InChI is InChI=1S/C28H30N2O5S/c31-28(29-15-13-23(14-16-29)19-22-7-3-1-4-8-22)21-30(36(32,33)25-9-5-2-6-10-25)24-11-12-26-27(20-24)35-18-17-34-26/h1-12,20,23H,13-19,21H2. The minimum Gasteiger partial charge on any atom is -0.486 e. The van der Waals surface area contributed by atoms with Gasteiger partial charge in [-0.2, -0.15) is 0 Å². The van der Waals surface area contributed by atoms with Gasteiger partial charge in [0.1, 0.15) is 19.8 Å². The molecule has 0 spiro atoms. The summed E-state index contributed by atoms with van der Waals surface area (Å²) < 4.78 is 39.8. The Morgan fingerprint density at radius 1 is 0.861 bits per heavy atom. The minimum absolute atomic E-state index is 0.134. The van der Waals surface area contributed by atoms with E-state index in [0.29, 0.717) is 49.4 Å². The van der Waals surface area contributed by atoms with Crippen molar-refractivity contribution in [2.75, 3.05) is 37.2 Å². The summed E-state index contributed by atoms with van der Waals surface area (Å²) in [6.45, 7) is 1.80. The third-order valence-corrected chi connectivity index (χ3v) is 8.55. The molecule has 1 fully saturated rings. The number of nitrogens with zero attached hydrogens (tertiary/aromatic N) is 2. The van der Waals surface area contributed by atoms with Gasteiger partial charge in [-0.05, 0) is 55.0 Å². The molecule has 1 saturated heterocycles. The number of fused-ring (bicyclic) bond motifs is 1. The van der Waals surface area contributed by atoms with Crippen LogP contribution in [0.1, 0.15) is 18.4 Å². The maximum atomic E-state index is 13.7. The lowest BCUT2D eigenvalue weighted by molar-refractivity contribution is -0.130. The van der Waals surface area contributed by atoms with Crippen LogP contribution in [-0.4, -0.2) is 52.1 Å². The van der Waals surface area contributed by atoms with Crippen LogP contribution in [0.2, 0.25) is 0 Å². The summed E-state index contributed by atoms with van der Waals surface area (Å²) in [4.78, 5) is 15.3. The van der Waals surface area contributed by atoms with Crippen molar-refractivity contribution in [1.29, 1.82) is 0 Å². The molecule has 5 rings (SSSR count). The van der Waals surface area contributed by atoms with Crippen molar-refractivity contribution in [3.05, 3.63) is 84.4 Å². The highest BCUT2D eigenvalue weighted by atomic mass is 32.2. The molecule has 3 aromatic rings. The summed E-state index contributed by atoms with van der Waals surface area (Å²) in [5.74, 6) is 1.34. The van der Waals surface area contributed by atoms with E-state index in [9.17, 15) is 13.2 Å². The molecule has 1 amide bonds. The largest absolute Gasteiger partial charge is 0.486 e. The molecule has 7 nitrogen and oxygen atoms in total. The number of benzene rings is 3. The lowest BCUT2D eigenvalue weighted by Crippen LogP contribution is -2.46. The first-order valence-corrected chi connectivity index (χ1v) is 13.7. The van der Waals surface area contributed by atoms with E-state index >= 15 is 0 Å². The molecule has 0 radical (unpaired) electrons. The third kappa shape index (κ3) is 5.33. The van der Waals surface area contributed by atoms with Crippen molar-refractivity contribution in [2.24, 2.45) is 5.92 Å². The van der Waals surface area contributed by atoms with Gasteiger partial charge >= 0.3 is 0 Å². The van der Waals surface area contributed by atoms with Gasteiger partial charge in [-0.15, -0.1) is 0 Å². The van der Waals surface area contributed by atoms with Crippen molar-refractivity contribution in [1.82, 2.24) is 4.90 Å². The van der Waals surface area contributed by atoms with E-state index in [1.54, 1.807) is 53.4 Å². The monoisotopic (exact) mass is 506 g/mol. The Hall–Kier alpha value is -3.52. The van der Waals surface area contributed by atoms with Gasteiger partial charge in [0.05, 0.1) is 10.6 Å². The Labute approximate surface area is 212 Å². The molecule has 2 aliphatic heterocycles. The number of hydrogen-bond donors (Lipinski definition) is 0. The Morgan fingerprint density at radius 3 is 2.19 bits per heavy atom. The van der Waals surface area contributed by atoms with Gasteiger partial charge in [0.25, 0.3) is 10.0 Å². The first-order chi connectivity index (χ1) is 17.5. The molecule has 2 heterocycles. The Kier molecular flexibility index (Phi) is 7.13. The number of piperidine rings is 1. The Bertz CT molecular complexity index is 1290. The van der Waals surface area contributed by atoms with Crippen LogP contribution in [0.4, 0.5) is 5.69 Å². The van der Waals surface area contributed by atoms with E-state index < -0.39 is 10.0 Å². The minimum atomic E-state index is -3.98. The molecule has 0 N–H and O–H groups in total. The summed E-state index contributed by atoms with van der Waals surface area (Å²) >= 11 is 0. The average molecular weight is 507 g/mol. The molecule has 0 atom stereocenters. The molecule has 3 aromatic carbocycles. The second kappa shape index (κ2) is 10.6. The summed E-state index contributed by atoms with van der Waals surface area (Å²) in [6, 6.07) is 23.6. The van der Waals surface area contributed by atoms with E-state index in [-0.39, 0.29) is 17.3 Å². The zero-order valence-electron chi connectivity index (χ0n) is 20.1. The van der Waals surface area contributed by atoms with Gasteiger partial charge in [0, 0.05) is 19.2 Å². The number of carbonyl (C=O) groups is 1. The van der Waals surface area contributed by atoms with Crippen LogP contribution in [0.3, 0.4) is 0 Å². The molecule has 0 saturated carbocycles. The Balaban J connectivity index is 1.34. The van der Waals surface area contributed by atoms with Crippen molar-refractivity contribution in [2.45, 2.75) is 24.2 Å². The maximum Gasteiger partial charge on any atom is 0.264 e. The number of likely N-dealkylation sites (tertiary alicyclic amines) is 1. The molecule has 2 aliphatic rings. The molecule has 0 aromatic heterocycles. The van der Waals surface area contributed by atoms with Gasteiger partial charge < -0.3 is 14.4 Å². The van der Waals surface area contributed by atoms with Crippen molar-refractivity contribution in [3.8, 4) is 11.5 Å². The number of sulfonamides is 1. The number of anilines is 1. The molecular weight excluding hydrogens is 476 g/mol. The number of amides is 1. The maximum absolute atomic E-state index is 13.7. The predicted octanol–water partition coefficient (Wildman–Crippen LogP) is 4.13. The normalized spacial score (nSPS) is 15.9. The second-order valence-corrected chi connectivity index (χ2v) is 11.0. The SMILES string of the molecule is O=C(CN(c1ccc2c(c1)OCCO2)S(=O)(=O)c1ccccc1)N1CCC(Cc2ccccc2)CC1. The van der Waals surface area contributed by atoms with E-state index in [1.165, 1.54) is 9.87 Å². The van der Waals surface area contributed by atoms with Gasteiger partial charge in [-0.25, -0.2) is 8.42 Å². The van der Waals surface area contributed by atoms with Crippen LogP contribution < -0.4 is 13.8 Å². The molecule has 0 bridgehead atoms. The lowest BCUT2D eigenvalue weighted by atomic mass is 9.90. The van der Waals surface area contributed by atoms with Crippen LogP contribution in [0.15, 0.2) is 83.8 Å². The number of hydrogen-bond acceptors (Lipinski definition) is 5. The lowest BCUT2D eigenvalue weighted by Gasteiger charge is -2.34. The highest BCUT2D eigenvalue weighted by Crippen LogP contribution is 2.36. The molecule has 188 valence electrons. The van der Waals surface area contributed by atoms with E-state index in [0.717, 1.165) is 19.3 Å². The summed E-state index contributed by atoms with van der Waals surface area (Å²) in [7, 11) is -3.98. The van der Waals surface area contributed by atoms with Gasteiger partial charge in [-0.1, -0.05) is 48.5 Å². The quantitative estimate of drug-likeness (QED) is 0.482. The highest BCUT2D eigenvalue weighted by molar-refractivity contribution is 7.92. The molecule has 36 heavy (non-hydrogen) atoms. The molecule has 0 aliphatic carbocycles. The summed E-state index contributed by atoms with van der Waals surface area (Å²) in [5, 5.41) is 0. The smallest absolute Gasteiger partial charge is 0.264 e. The van der Waals surface area contributed by atoms with Gasteiger partial charge in [0.2, 0.25) is 5.91 Å². The van der Waals surface area contributed by atoms with E-state index in [1.807, 2.05) is 18.2 Å². The third-order valence-electron chi connectivity index (χ3n) is 6.76. The van der Waals surface area contributed by atoms with E-state index in [2.05, 4.69) is 12.1 Å². The van der Waals surface area contributed by atoms with Crippen LogP contribution in [0.25, 0.3) is 0 Å². The summed E-state index contributed by atoms with van der Waals surface area (Å²) in [5.41, 5.74) is 1.68. The van der Waals surface area contributed by atoms with Crippen LogP contribution in [0, 0.1) is 5.92 Å². The number of rotatable bonds is 7. The first kappa shape index (κ1) is 24.2. The fraction of sp³-hybridized carbons (Fsp3) is 0.321. The zero-order chi connectivity index (χ0) is 25.0. The first-order valence-electron chi connectivity index (χ1n) is 12.3. The van der Waals surface area contributed by atoms with Crippen molar-refractivity contribution in [3.63, 3.8) is 0 Å². The van der Waals surface area contributed by atoms with Crippen LogP contribution in [-0.2, 0) is 21.2 Å². The average Bonchev–Trinajstić information content (AvgIpc) is 2.93. The summed E-state index contributed by atoms with van der Waals surface area (Å²) in [6.07, 6.45) is 2.79. The molecule has 0 unspecified atom stereocenters. The fourth-order valence-corrected chi connectivity index (χ4v) is 6.21. The molecular formula is C28H30N2O5S. The van der Waals surface area contributed by atoms with E-state index in [4.69, 9.17) is 9.47 Å². The van der Waals surface area contributed by atoms with Crippen LogP contribution >= 0.6 is 0 Å². The Morgan fingerprint density at radius 2 is 1.50 bits per heavy atom. The topological polar surface area (TPSA) is 76.1 Å². The predicted molar refractivity (Wildman–Crippen MR) is 138 cm³/mol. The fourth-order valence-electron chi connectivity index (χ4n) is 4.78. The van der Waals surface area contributed by atoms with Gasteiger partial charge in [-0.3, -0.25) is 9.10 Å². The molecule has 8 heteroatoms. The number of ether oxygens (including phenoxy) is 2. The zero-order valence-corrected chi connectivity index (χ0v) is 20.9. The van der Waals surface area contributed by atoms with Crippen LogP contribution in [0.5, 0.6) is 11.5 Å². The highest BCUT2D eigenvalue weighted by Gasteiger charge is 2.31.